The molecule has 3 rings (SSSR count). The maximum Gasteiger partial charge on any atom is 0.340 e. The molecule has 2 aromatic carbocycles. The first-order valence-corrected chi connectivity index (χ1v) is 8.57. The number of carbonyl (C=O) groups excluding carboxylic acids is 2. The molecule has 0 aromatic heterocycles. The summed E-state index contributed by atoms with van der Waals surface area (Å²) in [7, 11) is 2.95. The molecule has 5 nitrogen and oxygen atoms in total. The van der Waals surface area contributed by atoms with Gasteiger partial charge in [-0.15, -0.1) is 0 Å². The van der Waals surface area contributed by atoms with Gasteiger partial charge in [0.15, 0.2) is 0 Å². The van der Waals surface area contributed by atoms with Gasteiger partial charge in [0.2, 0.25) is 0 Å². The zero-order valence-electron chi connectivity index (χ0n) is 15.6. The Balaban J connectivity index is 1.86. The molecule has 0 fully saturated rings. The molecule has 0 atom stereocenters. The van der Waals surface area contributed by atoms with E-state index in [1.54, 1.807) is 20.0 Å². The van der Waals surface area contributed by atoms with Gasteiger partial charge in [0, 0.05) is 12.7 Å². The Morgan fingerprint density at radius 2 is 1.85 bits per heavy atom. The van der Waals surface area contributed by atoms with E-state index in [9.17, 15) is 9.59 Å². The molecule has 0 spiro atoms. The standard InChI is InChI=1S/C22H21NO4/c1-15-20(22(25)26-3)19(21(24)23(15)2)13-17-10-7-11-18(12-17)27-14-16-8-5-4-6-9-16/h4-13H,14H2,1-3H3/b19-13-. The van der Waals surface area contributed by atoms with E-state index < -0.39 is 5.97 Å². The molecule has 0 saturated heterocycles. The Kier molecular flexibility index (Phi) is 5.41. The van der Waals surface area contributed by atoms with E-state index in [-0.39, 0.29) is 5.91 Å². The maximum atomic E-state index is 12.5. The van der Waals surface area contributed by atoms with Gasteiger partial charge in [0.25, 0.3) is 5.91 Å². The highest BCUT2D eigenvalue weighted by molar-refractivity contribution is 6.16. The van der Waals surface area contributed by atoms with Crippen molar-refractivity contribution < 1.29 is 19.1 Å². The molecule has 0 unspecified atom stereocenters. The average molecular weight is 363 g/mol. The minimum atomic E-state index is -0.520. The highest BCUT2D eigenvalue weighted by Crippen LogP contribution is 2.30. The zero-order chi connectivity index (χ0) is 19.4. The molecule has 1 heterocycles. The molecule has 138 valence electrons. The first-order valence-electron chi connectivity index (χ1n) is 8.57. The fourth-order valence-electron chi connectivity index (χ4n) is 2.90. The highest BCUT2D eigenvalue weighted by Gasteiger charge is 2.34. The lowest BCUT2D eigenvalue weighted by atomic mass is 10.0. The second kappa shape index (κ2) is 7.91. The number of methoxy groups -OCH3 is 1. The van der Waals surface area contributed by atoms with Crippen molar-refractivity contribution in [2.45, 2.75) is 13.5 Å². The van der Waals surface area contributed by atoms with Crippen molar-refractivity contribution in [3.8, 4) is 5.75 Å². The number of rotatable bonds is 5. The SMILES string of the molecule is COC(=O)C1=C(C)N(C)C(=O)/C1=C\c1cccc(OCc2ccccc2)c1. The molecule has 1 amide bonds. The number of nitrogens with zero attached hydrogens (tertiary/aromatic N) is 1. The number of benzene rings is 2. The lowest BCUT2D eigenvalue weighted by Crippen LogP contribution is -2.19. The Morgan fingerprint density at radius 3 is 2.56 bits per heavy atom. The van der Waals surface area contributed by atoms with Crippen molar-refractivity contribution in [2.75, 3.05) is 14.2 Å². The molecular formula is C22H21NO4. The summed E-state index contributed by atoms with van der Waals surface area (Å²) in [5.74, 6) is -0.0660. The van der Waals surface area contributed by atoms with Crippen molar-refractivity contribution in [1.29, 1.82) is 0 Å². The van der Waals surface area contributed by atoms with Crippen LogP contribution in [-0.2, 0) is 20.9 Å². The number of hydrogen-bond acceptors (Lipinski definition) is 4. The van der Waals surface area contributed by atoms with Gasteiger partial charge in [0.05, 0.1) is 18.3 Å². The van der Waals surface area contributed by atoms with E-state index in [0.717, 1.165) is 11.1 Å². The summed E-state index contributed by atoms with van der Waals surface area (Å²) in [5.41, 5.74) is 3.03. The van der Waals surface area contributed by atoms with E-state index in [1.165, 1.54) is 12.0 Å². The molecule has 2 aromatic rings. The van der Waals surface area contributed by atoms with Gasteiger partial charge in [-0.3, -0.25) is 4.79 Å². The third-order valence-electron chi connectivity index (χ3n) is 4.48. The van der Waals surface area contributed by atoms with Crippen LogP contribution in [0.15, 0.2) is 71.4 Å². The summed E-state index contributed by atoms with van der Waals surface area (Å²) in [6, 6.07) is 17.3. The van der Waals surface area contributed by atoms with E-state index in [4.69, 9.17) is 9.47 Å². The molecule has 27 heavy (non-hydrogen) atoms. The lowest BCUT2D eigenvalue weighted by Gasteiger charge is -2.09. The Labute approximate surface area is 158 Å². The summed E-state index contributed by atoms with van der Waals surface area (Å²) in [6.45, 7) is 2.18. The van der Waals surface area contributed by atoms with Gasteiger partial charge in [-0.05, 0) is 36.3 Å². The fraction of sp³-hybridized carbons (Fsp3) is 0.182. The van der Waals surface area contributed by atoms with E-state index in [2.05, 4.69) is 0 Å². The molecule has 1 aliphatic rings. The number of allylic oxidation sites excluding steroid dienone is 1. The van der Waals surface area contributed by atoms with E-state index in [0.29, 0.717) is 29.2 Å². The number of hydrogen-bond donors (Lipinski definition) is 0. The smallest absolute Gasteiger partial charge is 0.340 e. The number of amides is 1. The van der Waals surface area contributed by atoms with Crippen LogP contribution in [0.25, 0.3) is 6.08 Å². The summed E-state index contributed by atoms with van der Waals surface area (Å²) in [6.07, 6.45) is 1.69. The van der Waals surface area contributed by atoms with Crippen molar-refractivity contribution in [1.82, 2.24) is 4.90 Å². The van der Waals surface area contributed by atoms with Crippen LogP contribution in [-0.4, -0.2) is 30.9 Å². The molecule has 0 saturated carbocycles. The predicted molar refractivity (Wildman–Crippen MR) is 103 cm³/mol. The first kappa shape index (κ1) is 18.5. The largest absolute Gasteiger partial charge is 0.489 e. The normalized spacial score (nSPS) is 15.4. The van der Waals surface area contributed by atoms with Crippen LogP contribution < -0.4 is 4.74 Å². The Bertz CT molecular complexity index is 928. The summed E-state index contributed by atoms with van der Waals surface area (Å²) >= 11 is 0. The minimum Gasteiger partial charge on any atom is -0.489 e. The van der Waals surface area contributed by atoms with Gasteiger partial charge >= 0.3 is 5.97 Å². The van der Waals surface area contributed by atoms with Crippen molar-refractivity contribution in [3.05, 3.63) is 82.6 Å². The van der Waals surface area contributed by atoms with Gasteiger partial charge in [-0.25, -0.2) is 4.79 Å². The summed E-state index contributed by atoms with van der Waals surface area (Å²) in [5, 5.41) is 0. The van der Waals surface area contributed by atoms with E-state index in [1.807, 2.05) is 54.6 Å². The molecule has 5 heteroatoms. The van der Waals surface area contributed by atoms with Crippen LogP contribution in [0.4, 0.5) is 0 Å². The molecule has 0 radical (unpaired) electrons. The second-order valence-electron chi connectivity index (χ2n) is 6.22. The van der Waals surface area contributed by atoms with Crippen LogP contribution in [0.1, 0.15) is 18.1 Å². The number of esters is 1. The summed E-state index contributed by atoms with van der Waals surface area (Å²) < 4.78 is 10.7. The zero-order valence-corrected chi connectivity index (χ0v) is 15.6. The average Bonchev–Trinajstić information content (AvgIpc) is 2.91. The summed E-state index contributed by atoms with van der Waals surface area (Å²) in [4.78, 5) is 26.1. The maximum absolute atomic E-state index is 12.5. The highest BCUT2D eigenvalue weighted by atomic mass is 16.5. The molecular weight excluding hydrogens is 342 g/mol. The van der Waals surface area contributed by atoms with Crippen molar-refractivity contribution >= 4 is 18.0 Å². The van der Waals surface area contributed by atoms with Gasteiger partial charge in [0.1, 0.15) is 12.4 Å². The topological polar surface area (TPSA) is 55.8 Å². The van der Waals surface area contributed by atoms with Crippen LogP contribution in [0.2, 0.25) is 0 Å². The third kappa shape index (κ3) is 3.92. The van der Waals surface area contributed by atoms with Gasteiger partial charge in [-0.2, -0.15) is 0 Å². The molecule has 1 aliphatic heterocycles. The number of likely N-dealkylation sites (N-methyl/N-ethyl adjacent to an activating group) is 1. The molecule has 0 N–H and O–H groups in total. The van der Waals surface area contributed by atoms with Crippen LogP contribution >= 0.6 is 0 Å². The van der Waals surface area contributed by atoms with Crippen molar-refractivity contribution in [2.24, 2.45) is 0 Å². The Hall–Kier alpha value is -3.34. The number of carbonyl (C=O) groups is 2. The fourth-order valence-corrected chi connectivity index (χ4v) is 2.90. The van der Waals surface area contributed by atoms with Gasteiger partial charge in [-0.1, -0.05) is 42.5 Å². The van der Waals surface area contributed by atoms with Crippen molar-refractivity contribution in [3.63, 3.8) is 0 Å². The third-order valence-corrected chi connectivity index (χ3v) is 4.48. The van der Waals surface area contributed by atoms with Crippen LogP contribution in [0.5, 0.6) is 5.75 Å². The Morgan fingerprint density at radius 1 is 1.11 bits per heavy atom. The van der Waals surface area contributed by atoms with Gasteiger partial charge < -0.3 is 14.4 Å². The predicted octanol–water partition coefficient (Wildman–Crippen LogP) is 3.57. The number of ether oxygens (including phenoxy) is 2. The first-order chi connectivity index (χ1) is 13.0. The molecule has 0 bridgehead atoms. The second-order valence-corrected chi connectivity index (χ2v) is 6.22. The monoisotopic (exact) mass is 363 g/mol. The van der Waals surface area contributed by atoms with E-state index >= 15 is 0 Å². The molecule has 0 aliphatic carbocycles. The van der Waals surface area contributed by atoms with Crippen LogP contribution in [0, 0.1) is 0 Å². The van der Waals surface area contributed by atoms with Crippen LogP contribution in [0.3, 0.4) is 0 Å². The minimum absolute atomic E-state index is 0.233. The quantitative estimate of drug-likeness (QED) is 0.602. The lowest BCUT2D eigenvalue weighted by molar-refractivity contribution is -0.136.